The van der Waals surface area contributed by atoms with Gasteiger partial charge in [0.15, 0.2) is 17.3 Å². The normalized spacial score (nSPS) is 11.2. The standard InChI is InChI=1S/C17H26N2O4.ClH/c1-12(18)8-9-19-17(21)5-4-10-23-15-7-6-14(13(2)20)11-16(15)22-3;/h6-7,11-12H,4-5,8-10,18H2,1-3H3,(H,19,21);1H. The van der Waals surface area contributed by atoms with Crippen LogP contribution in [-0.2, 0) is 4.79 Å². The van der Waals surface area contributed by atoms with E-state index in [4.69, 9.17) is 15.2 Å². The summed E-state index contributed by atoms with van der Waals surface area (Å²) in [7, 11) is 1.53. The Balaban J connectivity index is 0.00000529. The van der Waals surface area contributed by atoms with Gasteiger partial charge < -0.3 is 20.5 Å². The Kier molecular flexibility index (Phi) is 10.8. The summed E-state index contributed by atoms with van der Waals surface area (Å²) in [5, 5.41) is 2.82. The highest BCUT2D eigenvalue weighted by Gasteiger charge is 2.09. The molecule has 1 amide bonds. The van der Waals surface area contributed by atoms with Crippen LogP contribution in [-0.4, -0.2) is 38.0 Å². The van der Waals surface area contributed by atoms with Crippen LogP contribution in [0.2, 0.25) is 0 Å². The second-order valence-electron chi connectivity index (χ2n) is 5.49. The number of benzene rings is 1. The molecule has 0 spiro atoms. The third kappa shape index (κ3) is 8.17. The first-order valence-corrected chi connectivity index (χ1v) is 7.78. The van der Waals surface area contributed by atoms with E-state index in [-0.39, 0.29) is 30.1 Å². The van der Waals surface area contributed by atoms with Crippen LogP contribution >= 0.6 is 12.4 Å². The summed E-state index contributed by atoms with van der Waals surface area (Å²) >= 11 is 0. The monoisotopic (exact) mass is 358 g/mol. The summed E-state index contributed by atoms with van der Waals surface area (Å²) in [6, 6.07) is 5.14. The Bertz CT molecular complexity index is 535. The van der Waals surface area contributed by atoms with Gasteiger partial charge in [-0.2, -0.15) is 0 Å². The van der Waals surface area contributed by atoms with Gasteiger partial charge in [0.05, 0.1) is 13.7 Å². The zero-order chi connectivity index (χ0) is 17.2. The van der Waals surface area contributed by atoms with Crippen LogP contribution in [0.1, 0.15) is 43.5 Å². The van der Waals surface area contributed by atoms with Crippen LogP contribution in [0.25, 0.3) is 0 Å². The van der Waals surface area contributed by atoms with E-state index in [0.717, 1.165) is 6.42 Å². The van der Waals surface area contributed by atoms with E-state index in [9.17, 15) is 9.59 Å². The highest BCUT2D eigenvalue weighted by Crippen LogP contribution is 2.28. The van der Waals surface area contributed by atoms with Crippen molar-refractivity contribution in [2.75, 3.05) is 20.3 Å². The van der Waals surface area contributed by atoms with E-state index in [1.807, 2.05) is 6.92 Å². The summed E-state index contributed by atoms with van der Waals surface area (Å²) in [4.78, 5) is 22.9. The van der Waals surface area contributed by atoms with Crippen molar-refractivity contribution in [3.05, 3.63) is 23.8 Å². The van der Waals surface area contributed by atoms with E-state index < -0.39 is 0 Å². The SMILES string of the molecule is COc1cc(C(C)=O)ccc1OCCCC(=O)NCCC(C)N.Cl. The number of carbonyl (C=O) groups is 2. The van der Waals surface area contributed by atoms with Crippen LogP contribution in [0.3, 0.4) is 0 Å². The lowest BCUT2D eigenvalue weighted by Crippen LogP contribution is -2.28. The molecule has 7 heteroatoms. The molecule has 1 rings (SSSR count). The molecule has 0 aliphatic rings. The predicted molar refractivity (Wildman–Crippen MR) is 96.3 cm³/mol. The molecule has 24 heavy (non-hydrogen) atoms. The molecule has 0 saturated carbocycles. The first-order chi connectivity index (χ1) is 10.9. The number of ketones is 1. The number of amides is 1. The molecule has 0 aromatic heterocycles. The van der Waals surface area contributed by atoms with Crippen molar-refractivity contribution >= 4 is 24.1 Å². The van der Waals surface area contributed by atoms with Crippen molar-refractivity contribution in [1.29, 1.82) is 0 Å². The van der Waals surface area contributed by atoms with Crippen LogP contribution in [0.4, 0.5) is 0 Å². The first kappa shape index (κ1) is 22.2. The van der Waals surface area contributed by atoms with Crippen LogP contribution in [0.15, 0.2) is 18.2 Å². The summed E-state index contributed by atoms with van der Waals surface area (Å²) in [5.41, 5.74) is 6.19. The van der Waals surface area contributed by atoms with Gasteiger partial charge in [-0.15, -0.1) is 12.4 Å². The quantitative estimate of drug-likeness (QED) is 0.495. The van der Waals surface area contributed by atoms with E-state index >= 15 is 0 Å². The van der Waals surface area contributed by atoms with Crippen molar-refractivity contribution in [3.63, 3.8) is 0 Å². The van der Waals surface area contributed by atoms with E-state index in [1.54, 1.807) is 18.2 Å². The number of hydrogen-bond acceptors (Lipinski definition) is 5. The number of hydrogen-bond donors (Lipinski definition) is 2. The van der Waals surface area contributed by atoms with Gasteiger partial charge in [-0.25, -0.2) is 0 Å². The van der Waals surface area contributed by atoms with Gasteiger partial charge in [-0.1, -0.05) is 0 Å². The Morgan fingerprint density at radius 3 is 2.58 bits per heavy atom. The summed E-state index contributed by atoms with van der Waals surface area (Å²) in [6.07, 6.45) is 1.76. The van der Waals surface area contributed by atoms with E-state index in [2.05, 4.69) is 5.32 Å². The average Bonchev–Trinajstić information content (AvgIpc) is 2.51. The predicted octanol–water partition coefficient (Wildman–Crippen LogP) is 2.33. The second-order valence-corrected chi connectivity index (χ2v) is 5.49. The molecule has 0 heterocycles. The fourth-order valence-corrected chi connectivity index (χ4v) is 1.95. The Hall–Kier alpha value is -1.79. The molecular formula is C17H27ClN2O4. The molecule has 136 valence electrons. The largest absolute Gasteiger partial charge is 0.493 e. The number of ether oxygens (including phenoxy) is 2. The van der Waals surface area contributed by atoms with Gasteiger partial charge >= 0.3 is 0 Å². The maximum Gasteiger partial charge on any atom is 0.220 e. The maximum atomic E-state index is 11.6. The molecule has 3 N–H and O–H groups in total. The number of nitrogens with two attached hydrogens (primary N) is 1. The smallest absolute Gasteiger partial charge is 0.220 e. The lowest BCUT2D eigenvalue weighted by molar-refractivity contribution is -0.121. The van der Waals surface area contributed by atoms with Gasteiger partial charge in [-0.3, -0.25) is 9.59 Å². The number of Topliss-reactive ketones (excluding diaryl/α,β-unsaturated/α-hetero) is 1. The molecule has 1 aromatic carbocycles. The second kappa shape index (κ2) is 11.7. The maximum absolute atomic E-state index is 11.6. The molecule has 1 unspecified atom stereocenters. The zero-order valence-corrected chi connectivity index (χ0v) is 15.3. The molecule has 0 fully saturated rings. The number of nitrogens with one attached hydrogen (secondary N) is 1. The van der Waals surface area contributed by atoms with E-state index in [1.165, 1.54) is 14.0 Å². The van der Waals surface area contributed by atoms with Crippen molar-refractivity contribution in [1.82, 2.24) is 5.32 Å². The van der Waals surface area contributed by atoms with E-state index in [0.29, 0.717) is 43.1 Å². The highest BCUT2D eigenvalue weighted by molar-refractivity contribution is 5.94. The number of rotatable bonds is 10. The Morgan fingerprint density at radius 2 is 2.00 bits per heavy atom. The third-order valence-corrected chi connectivity index (χ3v) is 3.30. The molecular weight excluding hydrogens is 332 g/mol. The van der Waals surface area contributed by atoms with Crippen molar-refractivity contribution in [3.8, 4) is 11.5 Å². The average molecular weight is 359 g/mol. The summed E-state index contributed by atoms with van der Waals surface area (Å²) in [5.74, 6) is 1.04. The number of carbonyl (C=O) groups excluding carboxylic acids is 2. The third-order valence-electron chi connectivity index (χ3n) is 3.30. The molecule has 1 atom stereocenters. The molecule has 1 aromatic rings. The molecule has 0 saturated heterocycles. The van der Waals surface area contributed by atoms with Gasteiger partial charge in [0.2, 0.25) is 5.91 Å². The number of halogens is 1. The molecule has 0 aliphatic heterocycles. The van der Waals surface area contributed by atoms with Crippen LogP contribution in [0.5, 0.6) is 11.5 Å². The Morgan fingerprint density at radius 1 is 1.29 bits per heavy atom. The lowest BCUT2D eigenvalue weighted by Gasteiger charge is -2.11. The highest BCUT2D eigenvalue weighted by atomic mass is 35.5. The topological polar surface area (TPSA) is 90.6 Å². The van der Waals surface area contributed by atoms with Gasteiger partial charge in [0.25, 0.3) is 0 Å². The first-order valence-electron chi connectivity index (χ1n) is 7.78. The van der Waals surface area contributed by atoms with Crippen molar-refractivity contribution < 1.29 is 19.1 Å². The fourth-order valence-electron chi connectivity index (χ4n) is 1.95. The summed E-state index contributed by atoms with van der Waals surface area (Å²) in [6.45, 7) is 4.40. The van der Waals surface area contributed by atoms with Crippen LogP contribution in [0, 0.1) is 0 Å². The minimum absolute atomic E-state index is 0. The molecule has 0 bridgehead atoms. The number of methoxy groups -OCH3 is 1. The molecule has 0 aliphatic carbocycles. The summed E-state index contributed by atoms with van der Waals surface area (Å²) < 4.78 is 10.8. The van der Waals surface area contributed by atoms with Gasteiger partial charge in [0.1, 0.15) is 0 Å². The zero-order valence-electron chi connectivity index (χ0n) is 14.5. The van der Waals surface area contributed by atoms with Crippen LogP contribution < -0.4 is 20.5 Å². The fraction of sp³-hybridized carbons (Fsp3) is 0.529. The molecule has 0 radical (unpaired) electrons. The van der Waals surface area contributed by atoms with Gasteiger partial charge in [0, 0.05) is 24.6 Å². The van der Waals surface area contributed by atoms with Crippen molar-refractivity contribution in [2.24, 2.45) is 5.73 Å². The lowest BCUT2D eigenvalue weighted by atomic mass is 10.1. The molecule has 6 nitrogen and oxygen atoms in total. The van der Waals surface area contributed by atoms with Gasteiger partial charge in [-0.05, 0) is 44.9 Å². The van der Waals surface area contributed by atoms with Crippen molar-refractivity contribution in [2.45, 2.75) is 39.2 Å². The minimum atomic E-state index is -0.0293. The Labute approximate surface area is 149 Å². The minimum Gasteiger partial charge on any atom is -0.493 e.